The van der Waals surface area contributed by atoms with Crippen LogP contribution in [0.3, 0.4) is 0 Å². The van der Waals surface area contributed by atoms with Crippen molar-refractivity contribution in [1.29, 1.82) is 0 Å². The number of hydrogen-bond donors (Lipinski definition) is 0. The number of halogens is 1. The van der Waals surface area contributed by atoms with Crippen LogP contribution in [-0.2, 0) is 0 Å². The lowest BCUT2D eigenvalue weighted by atomic mass is 9.77. The molecule has 19 heavy (non-hydrogen) atoms. The van der Waals surface area contributed by atoms with E-state index in [1.807, 2.05) is 6.07 Å². The van der Waals surface area contributed by atoms with Crippen LogP contribution in [0.2, 0.25) is 0 Å². The Kier molecular flexibility index (Phi) is 4.52. The molecule has 0 heterocycles. The molecule has 0 aliphatic heterocycles. The second-order valence-electron chi connectivity index (χ2n) is 5.43. The van der Waals surface area contributed by atoms with Gasteiger partial charge in [0.15, 0.2) is 5.78 Å². The van der Waals surface area contributed by atoms with Gasteiger partial charge in [-0.05, 0) is 61.3 Å². The SMILES string of the molecule is C=CC(=O)c1ccc([C@H]2CC[C@H](CC)CC2)cc1F. The predicted octanol–water partition coefficient (Wildman–Crippen LogP) is 4.88. The van der Waals surface area contributed by atoms with Gasteiger partial charge in [0, 0.05) is 0 Å². The molecule has 1 saturated carbocycles. The molecule has 0 bridgehead atoms. The first-order chi connectivity index (χ1) is 9.15. The Hall–Kier alpha value is -1.44. The summed E-state index contributed by atoms with van der Waals surface area (Å²) in [7, 11) is 0. The average molecular weight is 260 g/mol. The highest BCUT2D eigenvalue weighted by Crippen LogP contribution is 2.37. The first-order valence-electron chi connectivity index (χ1n) is 7.12. The molecule has 0 saturated heterocycles. The average Bonchev–Trinajstić information content (AvgIpc) is 2.46. The first-order valence-corrected chi connectivity index (χ1v) is 7.12. The summed E-state index contributed by atoms with van der Waals surface area (Å²) < 4.78 is 13.9. The number of hydrogen-bond acceptors (Lipinski definition) is 1. The molecule has 1 fully saturated rings. The Labute approximate surface area is 114 Å². The summed E-state index contributed by atoms with van der Waals surface area (Å²) in [6.07, 6.45) is 7.13. The number of benzene rings is 1. The van der Waals surface area contributed by atoms with Crippen molar-refractivity contribution in [3.05, 3.63) is 47.8 Å². The third-order valence-corrected chi connectivity index (χ3v) is 4.34. The molecular formula is C17H21FO. The van der Waals surface area contributed by atoms with Crippen molar-refractivity contribution >= 4 is 5.78 Å². The third-order valence-electron chi connectivity index (χ3n) is 4.34. The van der Waals surface area contributed by atoms with Crippen molar-refractivity contribution in [3.8, 4) is 0 Å². The van der Waals surface area contributed by atoms with E-state index in [4.69, 9.17) is 0 Å². The Morgan fingerprint density at radius 3 is 2.58 bits per heavy atom. The van der Waals surface area contributed by atoms with E-state index >= 15 is 0 Å². The van der Waals surface area contributed by atoms with Crippen molar-refractivity contribution < 1.29 is 9.18 Å². The van der Waals surface area contributed by atoms with Crippen LogP contribution in [0.4, 0.5) is 4.39 Å². The molecule has 102 valence electrons. The molecule has 2 heteroatoms. The van der Waals surface area contributed by atoms with E-state index in [-0.39, 0.29) is 11.3 Å². The smallest absolute Gasteiger partial charge is 0.188 e. The highest BCUT2D eigenvalue weighted by Gasteiger charge is 2.22. The summed E-state index contributed by atoms with van der Waals surface area (Å²) in [5.74, 6) is 0.520. The van der Waals surface area contributed by atoms with Gasteiger partial charge >= 0.3 is 0 Å². The zero-order valence-electron chi connectivity index (χ0n) is 11.5. The minimum atomic E-state index is -0.417. The summed E-state index contributed by atoms with van der Waals surface area (Å²) in [4.78, 5) is 11.4. The minimum Gasteiger partial charge on any atom is -0.289 e. The van der Waals surface area contributed by atoms with Gasteiger partial charge < -0.3 is 0 Å². The Morgan fingerprint density at radius 1 is 1.37 bits per heavy atom. The van der Waals surface area contributed by atoms with Crippen molar-refractivity contribution in [3.63, 3.8) is 0 Å². The molecule has 0 unspecified atom stereocenters. The molecule has 1 aromatic carbocycles. The van der Waals surface area contributed by atoms with Crippen LogP contribution in [0.5, 0.6) is 0 Å². The number of ketones is 1. The number of carbonyl (C=O) groups excluding carboxylic acids is 1. The maximum atomic E-state index is 13.9. The van der Waals surface area contributed by atoms with Crippen LogP contribution in [-0.4, -0.2) is 5.78 Å². The summed E-state index contributed by atoms with van der Waals surface area (Å²) >= 11 is 0. The molecule has 0 amide bonds. The van der Waals surface area contributed by atoms with Crippen LogP contribution in [0.25, 0.3) is 0 Å². The van der Waals surface area contributed by atoms with E-state index in [1.54, 1.807) is 6.07 Å². The quantitative estimate of drug-likeness (QED) is 0.557. The van der Waals surface area contributed by atoms with E-state index < -0.39 is 5.82 Å². The topological polar surface area (TPSA) is 17.1 Å². The summed E-state index contributed by atoms with van der Waals surface area (Å²) in [5.41, 5.74) is 1.16. The van der Waals surface area contributed by atoms with Crippen molar-refractivity contribution in [2.45, 2.75) is 44.9 Å². The lowest BCUT2D eigenvalue weighted by molar-refractivity contribution is 0.104. The van der Waals surface area contributed by atoms with E-state index in [0.29, 0.717) is 5.92 Å². The van der Waals surface area contributed by atoms with Crippen LogP contribution in [0.1, 0.15) is 60.9 Å². The molecule has 1 aromatic rings. The standard InChI is InChI=1S/C17H21FO/c1-3-12-5-7-13(8-6-12)14-9-10-15(16(18)11-14)17(19)4-2/h4,9-13H,2-3,5-8H2,1H3/t12-,13-. The number of carbonyl (C=O) groups is 1. The third kappa shape index (κ3) is 3.12. The lowest BCUT2D eigenvalue weighted by Crippen LogP contribution is -2.13. The molecule has 0 aromatic heterocycles. The first kappa shape index (κ1) is 14.0. The molecule has 0 spiro atoms. The fraction of sp³-hybridized carbons (Fsp3) is 0.471. The highest BCUT2D eigenvalue weighted by atomic mass is 19.1. The number of allylic oxidation sites excluding steroid dienone is 1. The van der Waals surface area contributed by atoms with Gasteiger partial charge in [-0.2, -0.15) is 0 Å². The molecule has 0 radical (unpaired) electrons. The molecule has 1 nitrogen and oxygen atoms in total. The molecule has 1 aliphatic rings. The molecular weight excluding hydrogens is 239 g/mol. The maximum absolute atomic E-state index is 13.9. The summed E-state index contributed by atoms with van der Waals surface area (Å²) in [6.45, 7) is 5.63. The van der Waals surface area contributed by atoms with Gasteiger partial charge in [-0.3, -0.25) is 4.79 Å². The van der Waals surface area contributed by atoms with Gasteiger partial charge in [0.05, 0.1) is 5.56 Å². The predicted molar refractivity (Wildman–Crippen MR) is 75.9 cm³/mol. The van der Waals surface area contributed by atoms with Gasteiger partial charge in [-0.1, -0.05) is 26.0 Å². The second-order valence-corrected chi connectivity index (χ2v) is 5.43. The van der Waals surface area contributed by atoms with Crippen LogP contribution >= 0.6 is 0 Å². The fourth-order valence-electron chi connectivity index (χ4n) is 3.00. The van der Waals surface area contributed by atoms with E-state index in [2.05, 4.69) is 13.5 Å². The number of rotatable bonds is 4. The Bertz CT molecular complexity index is 470. The molecule has 0 atom stereocenters. The zero-order chi connectivity index (χ0) is 13.8. The largest absolute Gasteiger partial charge is 0.289 e. The lowest BCUT2D eigenvalue weighted by Gasteiger charge is -2.28. The van der Waals surface area contributed by atoms with Gasteiger partial charge in [-0.25, -0.2) is 4.39 Å². The summed E-state index contributed by atoms with van der Waals surface area (Å²) in [6, 6.07) is 5.03. The van der Waals surface area contributed by atoms with Crippen LogP contribution in [0, 0.1) is 11.7 Å². The van der Waals surface area contributed by atoms with Crippen LogP contribution < -0.4 is 0 Å². The molecule has 0 N–H and O–H groups in total. The highest BCUT2D eigenvalue weighted by molar-refractivity contribution is 6.04. The molecule has 1 aliphatic carbocycles. The maximum Gasteiger partial charge on any atom is 0.188 e. The Morgan fingerprint density at radius 2 is 2.05 bits per heavy atom. The van der Waals surface area contributed by atoms with Gasteiger partial charge in [0.25, 0.3) is 0 Å². The normalized spacial score (nSPS) is 23.1. The van der Waals surface area contributed by atoms with E-state index in [0.717, 1.165) is 30.4 Å². The zero-order valence-corrected chi connectivity index (χ0v) is 11.5. The van der Waals surface area contributed by atoms with Crippen molar-refractivity contribution in [1.82, 2.24) is 0 Å². The monoisotopic (exact) mass is 260 g/mol. The molecule has 2 rings (SSSR count). The Balaban J connectivity index is 2.12. The van der Waals surface area contributed by atoms with Gasteiger partial charge in [0.2, 0.25) is 0 Å². The van der Waals surface area contributed by atoms with Gasteiger partial charge in [0.1, 0.15) is 5.82 Å². The van der Waals surface area contributed by atoms with Crippen LogP contribution in [0.15, 0.2) is 30.9 Å². The fourth-order valence-corrected chi connectivity index (χ4v) is 3.00. The second kappa shape index (κ2) is 6.14. The van der Waals surface area contributed by atoms with E-state index in [1.165, 1.54) is 25.3 Å². The summed E-state index contributed by atoms with van der Waals surface area (Å²) in [5, 5.41) is 0. The van der Waals surface area contributed by atoms with Gasteiger partial charge in [-0.15, -0.1) is 0 Å². The van der Waals surface area contributed by atoms with E-state index in [9.17, 15) is 9.18 Å². The minimum absolute atomic E-state index is 0.126. The van der Waals surface area contributed by atoms with Crippen molar-refractivity contribution in [2.24, 2.45) is 5.92 Å². The van der Waals surface area contributed by atoms with Crippen molar-refractivity contribution in [2.75, 3.05) is 0 Å².